The van der Waals surface area contributed by atoms with Crippen molar-refractivity contribution in [2.45, 2.75) is 0 Å². The van der Waals surface area contributed by atoms with Gasteiger partial charge in [0.15, 0.2) is 0 Å². The molecule has 0 saturated carbocycles. The molecule has 1 N–H and O–H groups in total. The third-order valence-electron chi connectivity index (χ3n) is 3.81. The summed E-state index contributed by atoms with van der Waals surface area (Å²) in [7, 11) is 1.89. The van der Waals surface area contributed by atoms with Gasteiger partial charge in [-0.15, -0.1) is 0 Å². The molecule has 0 bridgehead atoms. The minimum absolute atomic E-state index is 0.0290. The molecule has 2 aromatic carbocycles. The van der Waals surface area contributed by atoms with Crippen molar-refractivity contribution in [1.29, 1.82) is 10.5 Å². The summed E-state index contributed by atoms with van der Waals surface area (Å²) in [4.78, 5) is 5.11. The smallest absolute Gasteiger partial charge is 0.268 e. The zero-order valence-corrected chi connectivity index (χ0v) is 13.8. The Bertz CT molecular complexity index is 963. The van der Waals surface area contributed by atoms with Crippen LogP contribution in [0, 0.1) is 29.2 Å². The quantitative estimate of drug-likeness (QED) is 0.861. The molecule has 0 aliphatic carbocycles. The summed E-state index contributed by atoms with van der Waals surface area (Å²) in [6.07, 6.45) is 0. The maximum Gasteiger partial charge on any atom is 0.268 e. The number of nitrogens with zero attached hydrogens (tertiary/aromatic N) is 4. The van der Waals surface area contributed by atoms with E-state index in [0.717, 1.165) is 16.5 Å². The maximum absolute atomic E-state index is 9.53. The third kappa shape index (κ3) is 4.03. The van der Waals surface area contributed by atoms with Gasteiger partial charge in [-0.2, -0.15) is 5.26 Å². The summed E-state index contributed by atoms with van der Waals surface area (Å²) in [5.41, 5.74) is 2.28. The van der Waals surface area contributed by atoms with Crippen LogP contribution in [0.4, 0.5) is 5.69 Å². The molecule has 25 heavy (non-hydrogen) atoms. The van der Waals surface area contributed by atoms with Gasteiger partial charge < -0.3 is 10.0 Å². The van der Waals surface area contributed by atoms with Crippen molar-refractivity contribution in [2.75, 3.05) is 25.1 Å². The van der Waals surface area contributed by atoms with Gasteiger partial charge in [0.1, 0.15) is 6.07 Å². The highest BCUT2D eigenvalue weighted by atomic mass is 16.3. The largest absolute Gasteiger partial charge is 0.395 e. The Labute approximate surface area is 146 Å². The molecule has 0 aliphatic rings. The van der Waals surface area contributed by atoms with Crippen LogP contribution < -0.4 is 15.3 Å². The van der Waals surface area contributed by atoms with Gasteiger partial charge >= 0.3 is 0 Å². The topological polar surface area (TPSA) is 75.4 Å². The number of nitriles is 2. The molecule has 0 atom stereocenters. The molecule has 0 radical (unpaired) electrons. The summed E-state index contributed by atoms with van der Waals surface area (Å²) >= 11 is 0. The van der Waals surface area contributed by atoms with Crippen LogP contribution in [0.15, 0.2) is 48.5 Å². The fraction of sp³-hybridized carbons (Fsp3) is 0.150. The van der Waals surface area contributed by atoms with E-state index in [1.165, 1.54) is 0 Å². The highest BCUT2D eigenvalue weighted by Crippen LogP contribution is 2.17. The molecule has 0 heterocycles. The number of benzene rings is 2. The molecule has 2 aromatic rings. The van der Waals surface area contributed by atoms with Crippen molar-refractivity contribution < 1.29 is 5.11 Å². The lowest BCUT2D eigenvalue weighted by molar-refractivity contribution is 0.304. The van der Waals surface area contributed by atoms with Gasteiger partial charge in [0.2, 0.25) is 0 Å². The van der Waals surface area contributed by atoms with E-state index in [-0.39, 0.29) is 12.3 Å². The van der Waals surface area contributed by atoms with Gasteiger partial charge in [-0.1, -0.05) is 36.4 Å². The van der Waals surface area contributed by atoms with Crippen LogP contribution in [-0.4, -0.2) is 25.3 Å². The second-order valence-electron chi connectivity index (χ2n) is 5.33. The van der Waals surface area contributed by atoms with Crippen molar-refractivity contribution in [3.05, 3.63) is 75.9 Å². The predicted molar refractivity (Wildman–Crippen MR) is 96.2 cm³/mol. The van der Waals surface area contributed by atoms with Crippen LogP contribution in [0.2, 0.25) is 0 Å². The molecule has 122 valence electrons. The highest BCUT2D eigenvalue weighted by molar-refractivity contribution is 5.77. The molecule has 2 rings (SSSR count). The summed E-state index contributed by atoms with van der Waals surface area (Å²) in [5, 5.41) is 28.7. The number of anilines is 1. The van der Waals surface area contributed by atoms with Gasteiger partial charge in [-0.3, -0.25) is 0 Å². The number of likely N-dealkylation sites (N-methyl/N-ethyl adjacent to an activating group) is 1. The molecule has 0 unspecified atom stereocenters. The Morgan fingerprint density at radius 3 is 2.12 bits per heavy atom. The van der Waals surface area contributed by atoms with Crippen LogP contribution in [0.1, 0.15) is 5.56 Å². The van der Waals surface area contributed by atoms with E-state index in [1.807, 2.05) is 42.3 Å². The first kappa shape index (κ1) is 17.8. The first-order chi connectivity index (χ1) is 12.1. The van der Waals surface area contributed by atoms with E-state index in [1.54, 1.807) is 24.3 Å². The van der Waals surface area contributed by atoms with E-state index in [0.29, 0.717) is 17.3 Å². The van der Waals surface area contributed by atoms with Crippen molar-refractivity contribution in [3.63, 3.8) is 0 Å². The zero-order valence-electron chi connectivity index (χ0n) is 13.8. The van der Waals surface area contributed by atoms with Crippen LogP contribution in [-0.2, 0) is 0 Å². The molecular formula is C20H16N4O. The van der Waals surface area contributed by atoms with Gasteiger partial charge in [0, 0.05) is 19.3 Å². The lowest BCUT2D eigenvalue weighted by Crippen LogP contribution is -2.20. The molecule has 5 nitrogen and oxygen atoms in total. The Kier molecular flexibility index (Phi) is 5.91. The lowest BCUT2D eigenvalue weighted by atomic mass is 10.0. The molecule has 0 aliphatic heterocycles. The Balaban J connectivity index is 2.48. The van der Waals surface area contributed by atoms with E-state index >= 15 is 0 Å². The van der Waals surface area contributed by atoms with Crippen molar-refractivity contribution in [2.24, 2.45) is 0 Å². The third-order valence-corrected chi connectivity index (χ3v) is 3.81. The molecule has 0 saturated heterocycles. The normalized spacial score (nSPS) is 9.40. The van der Waals surface area contributed by atoms with Crippen molar-refractivity contribution in [3.8, 4) is 12.1 Å². The van der Waals surface area contributed by atoms with Gasteiger partial charge in [-0.05, 0) is 28.1 Å². The standard InChI is InChI=1S/C20H16N4O/c1-23-20(14-22)17-5-3-15(4-6-17)19(13-21)16-7-9-18(10-8-16)24(2)11-12-25/h3-10,25H,11-12H2,2H3. The zero-order chi connectivity index (χ0) is 18.2. The van der Waals surface area contributed by atoms with Gasteiger partial charge in [0.05, 0.1) is 24.8 Å². The van der Waals surface area contributed by atoms with E-state index in [2.05, 4.69) is 10.9 Å². The number of aliphatic hydroxyl groups is 1. The van der Waals surface area contributed by atoms with Crippen molar-refractivity contribution in [1.82, 2.24) is 0 Å². The fourth-order valence-corrected chi connectivity index (χ4v) is 2.41. The SMILES string of the molecule is [C-]#[N+]C(C#N)=c1ccc(=C(C#N)c2ccc(N(C)CCO)cc2)cc1. The first-order valence-electron chi connectivity index (χ1n) is 7.59. The monoisotopic (exact) mass is 328 g/mol. The molecule has 0 aromatic heterocycles. The van der Waals surface area contributed by atoms with Gasteiger partial charge in [0.25, 0.3) is 5.70 Å². The summed E-state index contributed by atoms with van der Waals surface area (Å²) in [6, 6.07) is 18.4. The lowest BCUT2D eigenvalue weighted by Gasteiger charge is -2.18. The number of rotatable bonds is 4. The van der Waals surface area contributed by atoms with Crippen LogP contribution in [0.5, 0.6) is 0 Å². The molecule has 0 amide bonds. The van der Waals surface area contributed by atoms with E-state index in [9.17, 15) is 5.26 Å². The van der Waals surface area contributed by atoms with Gasteiger partial charge in [-0.25, -0.2) is 10.1 Å². The first-order valence-corrected chi connectivity index (χ1v) is 7.59. The second-order valence-corrected chi connectivity index (χ2v) is 5.33. The molecule has 0 fully saturated rings. The van der Waals surface area contributed by atoms with Crippen LogP contribution >= 0.6 is 0 Å². The minimum atomic E-state index is 0.0290. The fourth-order valence-electron chi connectivity index (χ4n) is 2.41. The minimum Gasteiger partial charge on any atom is -0.395 e. The second kappa shape index (κ2) is 8.31. The average Bonchev–Trinajstić information content (AvgIpc) is 2.65. The number of hydrogen-bond acceptors (Lipinski definition) is 4. The molecule has 0 spiro atoms. The molecular weight excluding hydrogens is 312 g/mol. The van der Waals surface area contributed by atoms with Crippen molar-refractivity contribution >= 4 is 17.0 Å². The predicted octanol–water partition coefficient (Wildman–Crippen LogP) is 1.39. The Morgan fingerprint density at radius 1 is 1.04 bits per heavy atom. The summed E-state index contributed by atoms with van der Waals surface area (Å²) < 4.78 is 0. The number of hydrogen-bond donors (Lipinski definition) is 1. The van der Waals surface area contributed by atoms with E-state index < -0.39 is 0 Å². The Morgan fingerprint density at radius 2 is 1.64 bits per heavy atom. The van der Waals surface area contributed by atoms with Crippen LogP contribution in [0.25, 0.3) is 16.1 Å². The van der Waals surface area contributed by atoms with E-state index in [4.69, 9.17) is 16.9 Å². The average molecular weight is 328 g/mol. The summed E-state index contributed by atoms with van der Waals surface area (Å²) in [5.74, 6) is 0. The highest BCUT2D eigenvalue weighted by Gasteiger charge is 2.05. The van der Waals surface area contributed by atoms with Crippen LogP contribution in [0.3, 0.4) is 0 Å². The molecule has 5 heteroatoms. The number of aliphatic hydroxyl groups excluding tert-OH is 1. The maximum atomic E-state index is 9.53. The Hall–Kier alpha value is -3.59. The summed E-state index contributed by atoms with van der Waals surface area (Å²) in [6.45, 7) is 7.59.